The van der Waals surface area contributed by atoms with Gasteiger partial charge in [-0.25, -0.2) is 9.78 Å². The van der Waals surface area contributed by atoms with Crippen LogP contribution in [0.25, 0.3) is 0 Å². The Bertz CT molecular complexity index is 352. The van der Waals surface area contributed by atoms with Crippen molar-refractivity contribution >= 4 is 5.97 Å². The first-order valence-electron chi connectivity index (χ1n) is 4.84. The van der Waals surface area contributed by atoms with Crippen molar-refractivity contribution in [3.8, 4) is 0 Å². The van der Waals surface area contributed by atoms with E-state index in [0.29, 0.717) is 0 Å². The zero-order chi connectivity index (χ0) is 11.4. The summed E-state index contributed by atoms with van der Waals surface area (Å²) in [6.45, 7) is 5.63. The second kappa shape index (κ2) is 4.87. The minimum Gasteiger partial charge on any atom is -0.459 e. The zero-order valence-electron chi connectivity index (χ0n) is 9.03. The van der Waals surface area contributed by atoms with Crippen LogP contribution in [0.15, 0.2) is 18.3 Å². The van der Waals surface area contributed by atoms with Crippen molar-refractivity contribution in [3.05, 3.63) is 29.8 Å². The van der Waals surface area contributed by atoms with Gasteiger partial charge in [0.25, 0.3) is 0 Å². The van der Waals surface area contributed by atoms with Gasteiger partial charge in [-0.1, -0.05) is 13.8 Å². The number of esters is 1. The molecule has 1 aromatic heterocycles. The number of rotatable bonds is 3. The smallest absolute Gasteiger partial charge is 0.343 e. The molecule has 0 amide bonds. The Morgan fingerprint density at radius 2 is 2.13 bits per heavy atom. The summed E-state index contributed by atoms with van der Waals surface area (Å²) in [5, 5.41) is 0. The van der Waals surface area contributed by atoms with Crippen LogP contribution in [0, 0.1) is 11.9 Å². The van der Waals surface area contributed by atoms with Gasteiger partial charge < -0.3 is 4.74 Å². The van der Waals surface area contributed by atoms with Crippen LogP contribution in [0.1, 0.15) is 31.1 Å². The van der Waals surface area contributed by atoms with Gasteiger partial charge in [0.2, 0.25) is 5.95 Å². The molecule has 1 unspecified atom stereocenters. The number of nitrogens with zero attached hydrogens (tertiary/aromatic N) is 1. The molecule has 0 fully saturated rings. The van der Waals surface area contributed by atoms with Gasteiger partial charge in [0.15, 0.2) is 0 Å². The van der Waals surface area contributed by atoms with Crippen molar-refractivity contribution in [3.63, 3.8) is 0 Å². The lowest BCUT2D eigenvalue weighted by molar-refractivity contribution is 0.0232. The monoisotopic (exact) mass is 211 g/mol. The molecule has 1 aromatic rings. The number of hydrogen-bond acceptors (Lipinski definition) is 3. The van der Waals surface area contributed by atoms with E-state index in [1.165, 1.54) is 18.3 Å². The SMILES string of the molecule is CC(C)C(C)OC(=O)c1cccnc1F. The van der Waals surface area contributed by atoms with E-state index in [2.05, 4.69) is 4.98 Å². The summed E-state index contributed by atoms with van der Waals surface area (Å²) in [7, 11) is 0. The molecule has 3 nitrogen and oxygen atoms in total. The maximum atomic E-state index is 13.1. The Kier molecular flexibility index (Phi) is 3.77. The maximum absolute atomic E-state index is 13.1. The first-order valence-corrected chi connectivity index (χ1v) is 4.84. The van der Waals surface area contributed by atoms with E-state index < -0.39 is 11.9 Å². The fraction of sp³-hybridized carbons (Fsp3) is 0.455. The van der Waals surface area contributed by atoms with Gasteiger partial charge in [0, 0.05) is 6.20 Å². The molecule has 0 aliphatic rings. The highest BCUT2D eigenvalue weighted by molar-refractivity contribution is 5.89. The Morgan fingerprint density at radius 1 is 1.47 bits per heavy atom. The minimum atomic E-state index is -0.793. The lowest BCUT2D eigenvalue weighted by Gasteiger charge is -2.16. The van der Waals surface area contributed by atoms with Crippen LogP contribution in [-0.2, 0) is 4.74 Å². The van der Waals surface area contributed by atoms with Crippen molar-refractivity contribution in [1.82, 2.24) is 4.98 Å². The van der Waals surface area contributed by atoms with Crippen LogP contribution in [-0.4, -0.2) is 17.1 Å². The summed E-state index contributed by atoms with van der Waals surface area (Å²) in [4.78, 5) is 14.9. The van der Waals surface area contributed by atoms with Crippen molar-refractivity contribution in [1.29, 1.82) is 0 Å². The number of aromatic nitrogens is 1. The molecule has 0 saturated heterocycles. The topological polar surface area (TPSA) is 39.2 Å². The summed E-state index contributed by atoms with van der Waals surface area (Å²) in [5.74, 6) is -1.26. The summed E-state index contributed by atoms with van der Waals surface area (Å²) in [6.07, 6.45) is 1.05. The van der Waals surface area contributed by atoms with E-state index in [9.17, 15) is 9.18 Å². The highest BCUT2D eigenvalue weighted by atomic mass is 19.1. The molecule has 1 atom stereocenters. The second-order valence-corrected chi connectivity index (χ2v) is 3.70. The molecule has 0 aliphatic carbocycles. The van der Waals surface area contributed by atoms with Crippen LogP contribution in [0.5, 0.6) is 0 Å². The van der Waals surface area contributed by atoms with Crippen molar-refractivity contribution in [2.75, 3.05) is 0 Å². The van der Waals surface area contributed by atoms with Gasteiger partial charge in [-0.2, -0.15) is 4.39 Å². The molecular weight excluding hydrogens is 197 g/mol. The summed E-state index contributed by atoms with van der Waals surface area (Å²) < 4.78 is 18.1. The average Bonchev–Trinajstić information content (AvgIpc) is 2.18. The number of carbonyl (C=O) groups excluding carboxylic acids is 1. The molecular formula is C11H14FNO2. The number of pyridine rings is 1. The van der Waals surface area contributed by atoms with Crippen LogP contribution in [0.3, 0.4) is 0 Å². The maximum Gasteiger partial charge on any atom is 0.343 e. The first kappa shape index (κ1) is 11.6. The predicted molar refractivity (Wildman–Crippen MR) is 53.9 cm³/mol. The van der Waals surface area contributed by atoms with E-state index in [1.807, 2.05) is 13.8 Å². The molecule has 0 radical (unpaired) electrons. The lowest BCUT2D eigenvalue weighted by Crippen LogP contribution is -2.21. The van der Waals surface area contributed by atoms with Crippen LogP contribution >= 0.6 is 0 Å². The highest BCUT2D eigenvalue weighted by Gasteiger charge is 2.18. The van der Waals surface area contributed by atoms with Crippen molar-refractivity contribution in [2.45, 2.75) is 26.9 Å². The molecule has 4 heteroatoms. The van der Waals surface area contributed by atoms with Gasteiger partial charge in [-0.15, -0.1) is 0 Å². The molecule has 15 heavy (non-hydrogen) atoms. The predicted octanol–water partition coefficient (Wildman–Crippen LogP) is 2.42. The number of ether oxygens (including phenoxy) is 1. The molecule has 0 saturated carbocycles. The van der Waals surface area contributed by atoms with Gasteiger partial charge in [-0.3, -0.25) is 0 Å². The van der Waals surface area contributed by atoms with E-state index in [-0.39, 0.29) is 17.6 Å². The zero-order valence-corrected chi connectivity index (χ0v) is 9.03. The largest absolute Gasteiger partial charge is 0.459 e. The summed E-state index contributed by atoms with van der Waals surface area (Å²) in [5.41, 5.74) is -0.120. The van der Waals surface area contributed by atoms with E-state index in [4.69, 9.17) is 4.74 Å². The number of hydrogen-bond donors (Lipinski definition) is 0. The van der Waals surface area contributed by atoms with Crippen molar-refractivity contribution in [2.24, 2.45) is 5.92 Å². The molecule has 0 bridgehead atoms. The van der Waals surface area contributed by atoms with Gasteiger partial charge >= 0.3 is 5.97 Å². The van der Waals surface area contributed by atoms with Crippen molar-refractivity contribution < 1.29 is 13.9 Å². The molecule has 0 spiro atoms. The van der Waals surface area contributed by atoms with E-state index in [1.54, 1.807) is 6.92 Å². The lowest BCUT2D eigenvalue weighted by atomic mass is 10.1. The third kappa shape index (κ3) is 3.01. The summed E-state index contributed by atoms with van der Waals surface area (Å²) in [6, 6.07) is 2.86. The number of carbonyl (C=O) groups is 1. The summed E-state index contributed by atoms with van der Waals surface area (Å²) >= 11 is 0. The molecule has 1 rings (SSSR count). The third-order valence-electron chi connectivity index (χ3n) is 2.21. The highest BCUT2D eigenvalue weighted by Crippen LogP contribution is 2.11. The quantitative estimate of drug-likeness (QED) is 0.569. The van der Waals surface area contributed by atoms with E-state index >= 15 is 0 Å². The fourth-order valence-corrected chi connectivity index (χ4v) is 0.907. The first-order chi connectivity index (χ1) is 7.02. The Balaban J connectivity index is 2.74. The van der Waals surface area contributed by atoms with Crippen LogP contribution < -0.4 is 0 Å². The molecule has 0 aromatic carbocycles. The second-order valence-electron chi connectivity index (χ2n) is 3.70. The van der Waals surface area contributed by atoms with Gasteiger partial charge in [0.05, 0.1) is 0 Å². The molecule has 0 N–H and O–H groups in total. The normalized spacial score (nSPS) is 12.6. The van der Waals surface area contributed by atoms with Gasteiger partial charge in [-0.05, 0) is 25.0 Å². The van der Waals surface area contributed by atoms with Crippen LogP contribution in [0.4, 0.5) is 4.39 Å². The Hall–Kier alpha value is -1.45. The average molecular weight is 211 g/mol. The Labute approximate surface area is 88.3 Å². The Morgan fingerprint density at radius 3 is 2.67 bits per heavy atom. The fourth-order valence-electron chi connectivity index (χ4n) is 0.907. The minimum absolute atomic E-state index is 0.120. The van der Waals surface area contributed by atoms with E-state index in [0.717, 1.165) is 0 Å². The third-order valence-corrected chi connectivity index (χ3v) is 2.21. The molecule has 0 aliphatic heterocycles. The standard InChI is InChI=1S/C11H14FNO2/c1-7(2)8(3)15-11(14)9-5-4-6-13-10(9)12/h4-8H,1-3H3. The van der Waals surface area contributed by atoms with Crippen LogP contribution in [0.2, 0.25) is 0 Å². The number of halogens is 1. The molecule has 1 heterocycles. The molecule has 82 valence electrons. The van der Waals surface area contributed by atoms with Gasteiger partial charge in [0.1, 0.15) is 11.7 Å².